The maximum atomic E-state index is 9.89. The Morgan fingerprint density at radius 3 is 2.69 bits per heavy atom. The van der Waals surface area contributed by atoms with Crippen LogP contribution in [0.25, 0.3) is 11.0 Å². The summed E-state index contributed by atoms with van der Waals surface area (Å²) in [5, 5.41) is 11.0. The predicted octanol–water partition coefficient (Wildman–Crippen LogP) is 3.88. The molecule has 2 aromatic rings. The maximum Gasteiger partial charge on any atom is 0.137 e. The van der Waals surface area contributed by atoms with Crippen LogP contribution in [-0.4, -0.2) is 5.11 Å². The van der Waals surface area contributed by atoms with Crippen molar-refractivity contribution in [3.63, 3.8) is 0 Å². The third-order valence-electron chi connectivity index (χ3n) is 2.86. The van der Waals surface area contributed by atoms with Crippen molar-refractivity contribution in [1.29, 1.82) is 0 Å². The molecule has 0 fully saturated rings. The number of fused-ring (bicyclic) bond motifs is 1. The van der Waals surface area contributed by atoms with Crippen molar-refractivity contribution in [2.75, 3.05) is 0 Å². The number of benzene rings is 1. The highest BCUT2D eigenvalue weighted by Crippen LogP contribution is 2.29. The van der Waals surface area contributed by atoms with E-state index in [0.717, 1.165) is 29.4 Å². The zero-order valence-electron chi connectivity index (χ0n) is 10.1. The number of aryl methyl sites for hydroxylation is 2. The van der Waals surface area contributed by atoms with Gasteiger partial charge in [0.1, 0.15) is 17.4 Å². The van der Waals surface area contributed by atoms with Crippen LogP contribution < -0.4 is 0 Å². The van der Waals surface area contributed by atoms with Gasteiger partial charge in [0.2, 0.25) is 0 Å². The van der Waals surface area contributed by atoms with E-state index in [-0.39, 0.29) is 0 Å². The van der Waals surface area contributed by atoms with Crippen molar-refractivity contribution in [3.05, 3.63) is 35.1 Å². The average molecular weight is 218 g/mol. The van der Waals surface area contributed by atoms with Gasteiger partial charge in [-0.3, -0.25) is 0 Å². The molecule has 1 heterocycles. The fourth-order valence-electron chi connectivity index (χ4n) is 2.11. The normalized spacial score (nSPS) is 13.2. The lowest BCUT2D eigenvalue weighted by Gasteiger charge is -2.04. The van der Waals surface area contributed by atoms with Crippen molar-refractivity contribution >= 4 is 11.0 Å². The largest absolute Gasteiger partial charge is 0.458 e. The van der Waals surface area contributed by atoms with Crippen LogP contribution in [0.15, 0.2) is 22.6 Å². The van der Waals surface area contributed by atoms with Gasteiger partial charge in [-0.25, -0.2) is 0 Å². The molecule has 1 aromatic carbocycles. The van der Waals surface area contributed by atoms with Crippen LogP contribution in [0.5, 0.6) is 0 Å². The number of furan rings is 1. The van der Waals surface area contributed by atoms with E-state index < -0.39 is 6.10 Å². The van der Waals surface area contributed by atoms with E-state index >= 15 is 0 Å². The number of aliphatic hydroxyl groups is 1. The van der Waals surface area contributed by atoms with Crippen molar-refractivity contribution in [2.24, 2.45) is 0 Å². The van der Waals surface area contributed by atoms with Crippen molar-refractivity contribution < 1.29 is 9.52 Å². The van der Waals surface area contributed by atoms with Gasteiger partial charge in [0, 0.05) is 5.39 Å². The molecule has 0 bridgehead atoms. The molecular weight excluding hydrogens is 200 g/mol. The first-order valence-corrected chi connectivity index (χ1v) is 5.80. The van der Waals surface area contributed by atoms with Gasteiger partial charge in [0.05, 0.1) is 0 Å². The zero-order chi connectivity index (χ0) is 11.7. The minimum absolute atomic E-state index is 0.475. The molecule has 2 heteroatoms. The number of hydrogen-bond acceptors (Lipinski definition) is 2. The SMILES string of the molecule is CCCC(O)c1cc2cc(C)cc(C)c2o1. The summed E-state index contributed by atoms with van der Waals surface area (Å²) in [6, 6.07) is 6.14. The lowest BCUT2D eigenvalue weighted by molar-refractivity contribution is 0.141. The van der Waals surface area contributed by atoms with Crippen LogP contribution in [-0.2, 0) is 0 Å². The van der Waals surface area contributed by atoms with Crippen LogP contribution in [0.4, 0.5) is 0 Å². The molecule has 1 unspecified atom stereocenters. The summed E-state index contributed by atoms with van der Waals surface area (Å²) in [6.45, 7) is 6.16. The summed E-state index contributed by atoms with van der Waals surface area (Å²) in [5.74, 6) is 0.686. The molecule has 0 amide bonds. The molecule has 86 valence electrons. The summed E-state index contributed by atoms with van der Waals surface area (Å²) in [7, 11) is 0. The Balaban J connectivity index is 2.47. The smallest absolute Gasteiger partial charge is 0.137 e. The molecule has 0 saturated heterocycles. The van der Waals surface area contributed by atoms with Crippen LogP contribution in [0.1, 0.15) is 42.8 Å². The first-order chi connectivity index (χ1) is 7.61. The summed E-state index contributed by atoms with van der Waals surface area (Å²) >= 11 is 0. The van der Waals surface area contributed by atoms with E-state index in [4.69, 9.17) is 4.42 Å². The van der Waals surface area contributed by atoms with Gasteiger partial charge in [-0.1, -0.05) is 25.0 Å². The zero-order valence-corrected chi connectivity index (χ0v) is 10.1. The van der Waals surface area contributed by atoms with E-state index in [2.05, 4.69) is 26.0 Å². The number of hydrogen-bond donors (Lipinski definition) is 1. The Labute approximate surface area is 95.9 Å². The average Bonchev–Trinajstić information content (AvgIpc) is 2.62. The van der Waals surface area contributed by atoms with E-state index in [1.54, 1.807) is 0 Å². The first-order valence-electron chi connectivity index (χ1n) is 5.80. The standard InChI is InChI=1S/C14H18O2/c1-4-5-12(15)13-8-11-7-9(2)6-10(3)14(11)16-13/h6-8,12,15H,4-5H2,1-3H3. The molecule has 0 radical (unpaired) electrons. The van der Waals surface area contributed by atoms with E-state index in [1.807, 2.05) is 13.0 Å². The van der Waals surface area contributed by atoms with Gasteiger partial charge < -0.3 is 9.52 Å². The minimum Gasteiger partial charge on any atom is -0.458 e. The lowest BCUT2D eigenvalue weighted by atomic mass is 10.1. The molecule has 2 rings (SSSR count). The molecule has 0 saturated carbocycles. The maximum absolute atomic E-state index is 9.89. The molecule has 1 aromatic heterocycles. The van der Waals surface area contributed by atoms with E-state index in [0.29, 0.717) is 5.76 Å². The van der Waals surface area contributed by atoms with Gasteiger partial charge in [-0.15, -0.1) is 0 Å². The molecule has 1 atom stereocenters. The van der Waals surface area contributed by atoms with Gasteiger partial charge in [-0.2, -0.15) is 0 Å². The topological polar surface area (TPSA) is 33.4 Å². The fraction of sp³-hybridized carbons (Fsp3) is 0.429. The Morgan fingerprint density at radius 2 is 2.00 bits per heavy atom. The molecule has 16 heavy (non-hydrogen) atoms. The highest BCUT2D eigenvalue weighted by atomic mass is 16.4. The number of rotatable bonds is 3. The summed E-state index contributed by atoms with van der Waals surface area (Å²) in [6.07, 6.45) is 1.23. The molecule has 0 aliphatic heterocycles. The Bertz CT molecular complexity index is 497. The second-order valence-electron chi connectivity index (χ2n) is 4.45. The molecule has 0 spiro atoms. The fourth-order valence-corrected chi connectivity index (χ4v) is 2.11. The van der Waals surface area contributed by atoms with Crippen LogP contribution in [0, 0.1) is 13.8 Å². The molecule has 2 nitrogen and oxygen atoms in total. The highest BCUT2D eigenvalue weighted by molar-refractivity contribution is 5.81. The predicted molar refractivity (Wildman–Crippen MR) is 65.6 cm³/mol. The van der Waals surface area contributed by atoms with Crippen molar-refractivity contribution in [3.8, 4) is 0 Å². The molecule has 0 aliphatic rings. The number of aliphatic hydroxyl groups excluding tert-OH is 1. The van der Waals surface area contributed by atoms with Gasteiger partial charge in [-0.05, 0) is 38.0 Å². The third kappa shape index (κ3) is 1.98. The summed E-state index contributed by atoms with van der Waals surface area (Å²) in [4.78, 5) is 0. The van der Waals surface area contributed by atoms with Crippen LogP contribution >= 0.6 is 0 Å². The second-order valence-corrected chi connectivity index (χ2v) is 4.45. The molecular formula is C14H18O2. The monoisotopic (exact) mass is 218 g/mol. The third-order valence-corrected chi connectivity index (χ3v) is 2.86. The minimum atomic E-state index is -0.475. The first kappa shape index (κ1) is 11.2. The summed E-state index contributed by atoms with van der Waals surface area (Å²) in [5.41, 5.74) is 3.25. The van der Waals surface area contributed by atoms with Crippen LogP contribution in [0.2, 0.25) is 0 Å². The van der Waals surface area contributed by atoms with Crippen molar-refractivity contribution in [1.82, 2.24) is 0 Å². The van der Waals surface area contributed by atoms with Crippen LogP contribution in [0.3, 0.4) is 0 Å². The lowest BCUT2D eigenvalue weighted by Crippen LogP contribution is -1.93. The molecule has 0 aliphatic carbocycles. The Hall–Kier alpha value is -1.28. The van der Waals surface area contributed by atoms with E-state index in [9.17, 15) is 5.11 Å². The highest BCUT2D eigenvalue weighted by Gasteiger charge is 2.13. The van der Waals surface area contributed by atoms with Gasteiger partial charge >= 0.3 is 0 Å². The van der Waals surface area contributed by atoms with Crippen molar-refractivity contribution in [2.45, 2.75) is 39.7 Å². The Morgan fingerprint density at radius 1 is 1.25 bits per heavy atom. The van der Waals surface area contributed by atoms with Gasteiger partial charge in [0.25, 0.3) is 0 Å². The van der Waals surface area contributed by atoms with Gasteiger partial charge in [0.15, 0.2) is 0 Å². The Kier molecular flexibility index (Phi) is 3.01. The molecule has 1 N–H and O–H groups in total. The summed E-state index contributed by atoms with van der Waals surface area (Å²) < 4.78 is 5.72. The van der Waals surface area contributed by atoms with E-state index in [1.165, 1.54) is 5.56 Å². The quantitative estimate of drug-likeness (QED) is 0.848. The second kappa shape index (κ2) is 4.30.